The summed E-state index contributed by atoms with van der Waals surface area (Å²) >= 11 is 0. The van der Waals surface area contributed by atoms with Gasteiger partial charge in [-0.25, -0.2) is 0 Å². The lowest BCUT2D eigenvalue weighted by Crippen LogP contribution is -2.18. The van der Waals surface area contributed by atoms with E-state index < -0.39 is 0 Å². The summed E-state index contributed by atoms with van der Waals surface area (Å²) in [6.07, 6.45) is 6.62. The summed E-state index contributed by atoms with van der Waals surface area (Å²) in [4.78, 5) is 0. The van der Waals surface area contributed by atoms with Gasteiger partial charge < -0.3 is 14.2 Å². The topological polar surface area (TPSA) is 27.7 Å². The van der Waals surface area contributed by atoms with E-state index in [2.05, 4.69) is 12.2 Å². The first-order chi connectivity index (χ1) is 6.43. The zero-order chi connectivity index (χ0) is 9.36. The Morgan fingerprint density at radius 2 is 2.38 bits per heavy atom. The van der Waals surface area contributed by atoms with E-state index in [0.717, 1.165) is 19.4 Å². The molecule has 0 saturated carbocycles. The monoisotopic (exact) mass is 186 g/mol. The fourth-order valence-corrected chi connectivity index (χ4v) is 1.18. The second kappa shape index (κ2) is 7.06. The van der Waals surface area contributed by atoms with Gasteiger partial charge in [0.25, 0.3) is 0 Å². The Kier molecular flexibility index (Phi) is 5.81. The lowest BCUT2D eigenvalue weighted by Gasteiger charge is -2.12. The molecule has 0 aromatic rings. The molecule has 0 spiro atoms. The summed E-state index contributed by atoms with van der Waals surface area (Å²) < 4.78 is 15.8. The molecular formula is C10H18O3. The minimum Gasteiger partial charge on any atom is -0.382 e. The van der Waals surface area contributed by atoms with Crippen LogP contribution in [0.25, 0.3) is 0 Å². The van der Waals surface area contributed by atoms with Crippen LogP contribution >= 0.6 is 0 Å². The van der Waals surface area contributed by atoms with Crippen LogP contribution in [-0.2, 0) is 14.2 Å². The van der Waals surface area contributed by atoms with E-state index in [9.17, 15) is 0 Å². The molecule has 3 nitrogen and oxygen atoms in total. The van der Waals surface area contributed by atoms with Gasteiger partial charge in [0.15, 0.2) is 0 Å². The van der Waals surface area contributed by atoms with Gasteiger partial charge >= 0.3 is 0 Å². The molecule has 1 aliphatic heterocycles. The number of rotatable bonds is 5. The van der Waals surface area contributed by atoms with Crippen molar-refractivity contribution < 1.29 is 14.2 Å². The SMILES string of the molecule is COCCOC[C@@H]1C=CCCCO1. The molecule has 0 N–H and O–H groups in total. The minimum atomic E-state index is 0.138. The third kappa shape index (κ3) is 5.03. The normalized spacial score (nSPS) is 23.0. The van der Waals surface area contributed by atoms with Crippen LogP contribution in [0.4, 0.5) is 0 Å². The molecule has 0 fully saturated rings. The predicted molar refractivity (Wildman–Crippen MR) is 50.8 cm³/mol. The molecule has 0 saturated heterocycles. The maximum Gasteiger partial charge on any atom is 0.0989 e. The van der Waals surface area contributed by atoms with Crippen LogP contribution in [0.1, 0.15) is 12.8 Å². The summed E-state index contributed by atoms with van der Waals surface area (Å²) in [5, 5.41) is 0. The highest BCUT2D eigenvalue weighted by atomic mass is 16.5. The van der Waals surface area contributed by atoms with Gasteiger partial charge in [0.1, 0.15) is 0 Å². The van der Waals surface area contributed by atoms with Gasteiger partial charge in [-0.1, -0.05) is 12.2 Å². The quantitative estimate of drug-likeness (QED) is 0.479. The van der Waals surface area contributed by atoms with Crippen molar-refractivity contribution in [1.82, 2.24) is 0 Å². The number of ether oxygens (including phenoxy) is 3. The molecule has 1 atom stereocenters. The van der Waals surface area contributed by atoms with Crippen LogP contribution in [0, 0.1) is 0 Å². The van der Waals surface area contributed by atoms with Crippen molar-refractivity contribution in [2.75, 3.05) is 33.5 Å². The summed E-state index contributed by atoms with van der Waals surface area (Å²) in [5.41, 5.74) is 0. The largest absolute Gasteiger partial charge is 0.382 e. The van der Waals surface area contributed by atoms with E-state index in [0.29, 0.717) is 19.8 Å². The van der Waals surface area contributed by atoms with Crippen molar-refractivity contribution in [3.63, 3.8) is 0 Å². The van der Waals surface area contributed by atoms with E-state index in [1.54, 1.807) is 7.11 Å². The van der Waals surface area contributed by atoms with Gasteiger partial charge in [0.05, 0.1) is 25.9 Å². The molecule has 0 aromatic heterocycles. The van der Waals surface area contributed by atoms with E-state index in [1.807, 2.05) is 0 Å². The Morgan fingerprint density at radius 3 is 3.23 bits per heavy atom. The molecule has 0 radical (unpaired) electrons. The Balaban J connectivity index is 2.05. The van der Waals surface area contributed by atoms with Gasteiger partial charge in [-0.3, -0.25) is 0 Å². The van der Waals surface area contributed by atoms with Crippen LogP contribution in [-0.4, -0.2) is 39.6 Å². The van der Waals surface area contributed by atoms with Crippen molar-refractivity contribution in [3.8, 4) is 0 Å². The molecule has 76 valence electrons. The van der Waals surface area contributed by atoms with Gasteiger partial charge in [-0.15, -0.1) is 0 Å². The average molecular weight is 186 g/mol. The number of hydrogen-bond donors (Lipinski definition) is 0. The van der Waals surface area contributed by atoms with Crippen molar-refractivity contribution in [2.45, 2.75) is 18.9 Å². The minimum absolute atomic E-state index is 0.138. The molecule has 1 heterocycles. The highest BCUT2D eigenvalue weighted by Gasteiger charge is 2.06. The Bertz CT molecular complexity index is 145. The predicted octanol–water partition coefficient (Wildman–Crippen LogP) is 1.38. The van der Waals surface area contributed by atoms with Crippen molar-refractivity contribution in [3.05, 3.63) is 12.2 Å². The number of allylic oxidation sites excluding steroid dienone is 1. The summed E-state index contributed by atoms with van der Waals surface area (Å²) in [7, 11) is 1.67. The van der Waals surface area contributed by atoms with Crippen molar-refractivity contribution in [1.29, 1.82) is 0 Å². The van der Waals surface area contributed by atoms with E-state index in [4.69, 9.17) is 14.2 Å². The van der Waals surface area contributed by atoms with Crippen molar-refractivity contribution >= 4 is 0 Å². The molecule has 0 aliphatic carbocycles. The Hall–Kier alpha value is -0.380. The van der Waals surface area contributed by atoms with Gasteiger partial charge in [-0.05, 0) is 12.8 Å². The molecule has 0 aromatic carbocycles. The smallest absolute Gasteiger partial charge is 0.0989 e. The van der Waals surface area contributed by atoms with E-state index in [-0.39, 0.29) is 6.10 Å². The molecule has 1 rings (SSSR count). The standard InChI is InChI=1S/C10H18O3/c1-11-7-8-12-9-10-5-3-2-4-6-13-10/h3,5,10H,2,4,6-9H2,1H3/t10-/m0/s1. The first-order valence-electron chi connectivity index (χ1n) is 4.78. The average Bonchev–Trinajstić information content (AvgIpc) is 2.41. The first kappa shape index (κ1) is 10.7. The first-order valence-corrected chi connectivity index (χ1v) is 4.78. The van der Waals surface area contributed by atoms with Crippen LogP contribution in [0.2, 0.25) is 0 Å². The van der Waals surface area contributed by atoms with Gasteiger partial charge in [-0.2, -0.15) is 0 Å². The third-order valence-corrected chi connectivity index (χ3v) is 1.91. The van der Waals surface area contributed by atoms with Crippen LogP contribution in [0.3, 0.4) is 0 Å². The lowest BCUT2D eigenvalue weighted by atomic mass is 10.3. The molecule has 0 amide bonds. The molecule has 0 bridgehead atoms. The molecular weight excluding hydrogens is 168 g/mol. The molecule has 3 heteroatoms. The van der Waals surface area contributed by atoms with Crippen LogP contribution in [0.5, 0.6) is 0 Å². The summed E-state index contributed by atoms with van der Waals surface area (Å²) in [6.45, 7) is 2.77. The fourth-order valence-electron chi connectivity index (χ4n) is 1.18. The number of hydrogen-bond acceptors (Lipinski definition) is 3. The molecule has 1 aliphatic rings. The van der Waals surface area contributed by atoms with Gasteiger partial charge in [0, 0.05) is 13.7 Å². The van der Waals surface area contributed by atoms with Crippen LogP contribution < -0.4 is 0 Å². The van der Waals surface area contributed by atoms with Crippen LogP contribution in [0.15, 0.2) is 12.2 Å². The Morgan fingerprint density at radius 1 is 1.46 bits per heavy atom. The zero-order valence-corrected chi connectivity index (χ0v) is 8.20. The zero-order valence-electron chi connectivity index (χ0n) is 8.20. The fraction of sp³-hybridized carbons (Fsp3) is 0.800. The second-order valence-corrected chi connectivity index (χ2v) is 3.05. The Labute approximate surface area is 79.7 Å². The molecule has 0 unspecified atom stereocenters. The maximum atomic E-state index is 5.53. The maximum absolute atomic E-state index is 5.53. The van der Waals surface area contributed by atoms with E-state index in [1.165, 1.54) is 0 Å². The highest BCUT2D eigenvalue weighted by Crippen LogP contribution is 2.05. The lowest BCUT2D eigenvalue weighted by molar-refractivity contribution is -0.00459. The second-order valence-electron chi connectivity index (χ2n) is 3.05. The highest BCUT2D eigenvalue weighted by molar-refractivity contribution is 4.91. The summed E-state index contributed by atoms with van der Waals surface area (Å²) in [6, 6.07) is 0. The van der Waals surface area contributed by atoms with Crippen molar-refractivity contribution in [2.24, 2.45) is 0 Å². The van der Waals surface area contributed by atoms with Gasteiger partial charge in [0.2, 0.25) is 0 Å². The third-order valence-electron chi connectivity index (χ3n) is 1.91. The number of methoxy groups -OCH3 is 1. The van der Waals surface area contributed by atoms with E-state index >= 15 is 0 Å². The summed E-state index contributed by atoms with van der Waals surface area (Å²) in [5.74, 6) is 0. The molecule has 13 heavy (non-hydrogen) atoms.